The molecule has 0 spiro atoms. The Morgan fingerprint density at radius 1 is 0.400 bits per heavy atom. The van der Waals surface area contributed by atoms with Gasteiger partial charge in [0.2, 0.25) is 0 Å². The molecule has 0 bridgehead atoms. The standard InChI is InChI=1S/2C16H38O5Si4/c2*1-15(2)16(17)18-13-12-14-25(19-22(3,4)5,20-23(6,7)8)21-24(9,10)11/h2*1,12-14H2,2-11H3. The Bertz CT molecular complexity index is 926. The van der Waals surface area contributed by atoms with Gasteiger partial charge in [-0.15, -0.1) is 0 Å². The van der Waals surface area contributed by atoms with Crippen LogP contribution in [-0.2, 0) is 43.8 Å². The molecule has 50 heavy (non-hydrogen) atoms. The molecule has 0 rings (SSSR count). The van der Waals surface area contributed by atoms with Crippen molar-refractivity contribution in [3.8, 4) is 0 Å². The lowest BCUT2D eigenvalue weighted by atomic mass is 10.4. The number of carbonyl (C=O) groups excluding carboxylic acids is 2. The molecule has 0 atom stereocenters. The van der Waals surface area contributed by atoms with Crippen LogP contribution in [0.2, 0.25) is 130 Å². The first-order chi connectivity index (χ1) is 21.9. The number of hydrogen-bond donors (Lipinski definition) is 0. The molecule has 0 aromatic carbocycles. The molecule has 0 unspecified atom stereocenters. The van der Waals surface area contributed by atoms with Gasteiger partial charge in [0.15, 0.2) is 49.9 Å². The Morgan fingerprint density at radius 3 is 0.720 bits per heavy atom. The normalized spacial score (nSPS) is 13.7. The van der Waals surface area contributed by atoms with Crippen molar-refractivity contribution in [2.24, 2.45) is 0 Å². The summed E-state index contributed by atoms with van der Waals surface area (Å²) >= 11 is 0. The Balaban J connectivity index is 0. The van der Waals surface area contributed by atoms with Gasteiger partial charge in [0, 0.05) is 23.2 Å². The monoisotopic (exact) mass is 844 g/mol. The van der Waals surface area contributed by atoms with E-state index in [1.165, 1.54) is 0 Å². The molecule has 0 N–H and O–H groups in total. The largest absolute Gasteiger partial charge is 0.469 e. The highest BCUT2D eigenvalue weighted by atomic mass is 28.5. The molecule has 0 amide bonds. The third-order valence-electron chi connectivity index (χ3n) is 5.19. The van der Waals surface area contributed by atoms with Crippen molar-refractivity contribution in [2.75, 3.05) is 13.2 Å². The number of rotatable bonds is 22. The van der Waals surface area contributed by atoms with Gasteiger partial charge in [0.05, 0.1) is 13.2 Å². The van der Waals surface area contributed by atoms with Gasteiger partial charge in [0.25, 0.3) is 0 Å². The SMILES string of the molecule is C=C(C)C(=O)OCCC[Si](O[Si](C)(C)C)(O[Si](C)(C)C)O[Si](C)(C)C.C=C(C)C(=O)OCCC[Si](O[Si](C)(C)C)(O[Si](C)(C)C)O[Si](C)(C)C. The summed E-state index contributed by atoms with van der Waals surface area (Å²) < 4.78 is 49.9. The third-order valence-corrected chi connectivity index (χ3v) is 29.3. The molecule has 0 aliphatic carbocycles. The summed E-state index contributed by atoms with van der Waals surface area (Å²) in [5.41, 5.74) is 0.831. The molecule has 0 heterocycles. The molecular weight excluding hydrogens is 769 g/mol. The number of hydrogen-bond acceptors (Lipinski definition) is 10. The summed E-state index contributed by atoms with van der Waals surface area (Å²) in [6, 6.07) is 1.35. The van der Waals surface area contributed by atoms with Crippen LogP contribution in [0, 0.1) is 0 Å². The zero-order chi connectivity index (χ0) is 40.2. The maximum absolute atomic E-state index is 11.6. The van der Waals surface area contributed by atoms with Crippen LogP contribution in [0.4, 0.5) is 0 Å². The highest BCUT2D eigenvalue weighted by Crippen LogP contribution is 2.31. The van der Waals surface area contributed by atoms with Crippen LogP contribution in [0.1, 0.15) is 26.7 Å². The first kappa shape index (κ1) is 52.0. The van der Waals surface area contributed by atoms with E-state index in [2.05, 4.69) is 131 Å². The van der Waals surface area contributed by atoms with Crippen LogP contribution in [0.15, 0.2) is 24.3 Å². The molecular formula is C32H76O10Si8. The maximum Gasteiger partial charge on any atom is 0.469 e. The van der Waals surface area contributed by atoms with Gasteiger partial charge in [-0.1, -0.05) is 13.2 Å². The lowest BCUT2D eigenvalue weighted by Gasteiger charge is -2.43. The van der Waals surface area contributed by atoms with Crippen molar-refractivity contribution in [1.82, 2.24) is 0 Å². The van der Waals surface area contributed by atoms with E-state index in [1.807, 2.05) is 0 Å². The van der Waals surface area contributed by atoms with E-state index in [-0.39, 0.29) is 11.9 Å². The molecule has 0 radical (unpaired) electrons. The average molecular weight is 846 g/mol. The summed E-state index contributed by atoms with van der Waals surface area (Å²) in [7, 11) is -16.8. The fourth-order valence-electron chi connectivity index (χ4n) is 4.38. The lowest BCUT2D eigenvalue weighted by Crippen LogP contribution is -2.60. The van der Waals surface area contributed by atoms with Gasteiger partial charge in [0.1, 0.15) is 0 Å². The van der Waals surface area contributed by atoms with Crippen LogP contribution in [-0.4, -0.2) is 92.7 Å². The van der Waals surface area contributed by atoms with E-state index in [0.717, 1.165) is 0 Å². The van der Waals surface area contributed by atoms with Crippen LogP contribution in [0.5, 0.6) is 0 Å². The molecule has 0 aromatic heterocycles. The summed E-state index contributed by atoms with van der Waals surface area (Å²) in [4.78, 5) is 23.1. The van der Waals surface area contributed by atoms with Gasteiger partial charge < -0.3 is 34.2 Å². The number of esters is 2. The molecule has 296 valence electrons. The van der Waals surface area contributed by atoms with E-state index >= 15 is 0 Å². The van der Waals surface area contributed by atoms with Crippen molar-refractivity contribution in [2.45, 2.75) is 157 Å². The smallest absolute Gasteiger partial charge is 0.462 e. The molecule has 0 saturated carbocycles. The van der Waals surface area contributed by atoms with E-state index in [4.69, 9.17) is 34.2 Å². The highest BCUT2D eigenvalue weighted by Gasteiger charge is 2.51. The Hall–Kier alpha value is -0.0849. The molecule has 0 aliphatic heterocycles. The molecule has 0 saturated heterocycles. The lowest BCUT2D eigenvalue weighted by molar-refractivity contribution is -0.139. The van der Waals surface area contributed by atoms with Gasteiger partial charge >= 0.3 is 29.5 Å². The van der Waals surface area contributed by atoms with Crippen LogP contribution in [0.3, 0.4) is 0 Å². The first-order valence-corrected chi connectivity index (χ1v) is 42.1. The fraction of sp³-hybridized carbons (Fsp3) is 0.812. The zero-order valence-electron chi connectivity index (χ0n) is 35.7. The van der Waals surface area contributed by atoms with Crippen LogP contribution >= 0.6 is 0 Å². The van der Waals surface area contributed by atoms with Crippen LogP contribution < -0.4 is 0 Å². The third kappa shape index (κ3) is 29.4. The second kappa shape index (κ2) is 20.6. The molecule has 0 aliphatic rings. The van der Waals surface area contributed by atoms with Gasteiger partial charge in [-0.3, -0.25) is 0 Å². The van der Waals surface area contributed by atoms with Crippen molar-refractivity contribution in [1.29, 1.82) is 0 Å². The predicted octanol–water partition coefficient (Wildman–Crippen LogP) is 9.98. The summed E-state index contributed by atoms with van der Waals surface area (Å²) in [6.45, 7) is 50.1. The van der Waals surface area contributed by atoms with E-state index < -0.39 is 67.5 Å². The predicted molar refractivity (Wildman–Crippen MR) is 228 cm³/mol. The molecule has 0 aromatic rings. The van der Waals surface area contributed by atoms with E-state index in [1.54, 1.807) is 13.8 Å². The second-order valence-electron chi connectivity index (χ2n) is 18.7. The Morgan fingerprint density at radius 2 is 0.580 bits per heavy atom. The molecule has 18 heteroatoms. The van der Waals surface area contributed by atoms with Gasteiger partial charge in [-0.2, -0.15) is 0 Å². The fourth-order valence-corrected chi connectivity index (χ4v) is 33.6. The maximum atomic E-state index is 11.6. The van der Waals surface area contributed by atoms with Crippen LogP contribution in [0.25, 0.3) is 0 Å². The minimum Gasteiger partial charge on any atom is -0.462 e. The molecule has 0 fully saturated rings. The highest BCUT2D eigenvalue weighted by molar-refractivity contribution is 6.91. The molecule has 10 nitrogen and oxygen atoms in total. The first-order valence-electron chi connectivity index (χ1n) is 17.8. The minimum atomic E-state index is -2.83. The minimum absolute atomic E-state index is 0.333. The second-order valence-corrected chi connectivity index (χ2v) is 52.7. The van der Waals surface area contributed by atoms with Crippen molar-refractivity contribution < 1.29 is 43.8 Å². The number of carbonyl (C=O) groups is 2. The summed E-state index contributed by atoms with van der Waals surface area (Å²) in [6.07, 6.45) is 1.34. The van der Waals surface area contributed by atoms with Gasteiger partial charge in [-0.25, -0.2) is 9.59 Å². The summed E-state index contributed by atoms with van der Waals surface area (Å²) in [5.74, 6) is -0.703. The number of ether oxygens (including phenoxy) is 2. The quantitative estimate of drug-likeness (QED) is 0.0452. The van der Waals surface area contributed by atoms with Crippen molar-refractivity contribution in [3.63, 3.8) is 0 Å². The summed E-state index contributed by atoms with van der Waals surface area (Å²) in [5, 5.41) is 0. The van der Waals surface area contributed by atoms with Crippen molar-refractivity contribution in [3.05, 3.63) is 24.3 Å². The Kier molecular flexibility index (Phi) is 21.4. The topological polar surface area (TPSA) is 108 Å². The van der Waals surface area contributed by atoms with E-state index in [0.29, 0.717) is 49.3 Å². The van der Waals surface area contributed by atoms with Gasteiger partial charge in [-0.05, 0) is 145 Å². The zero-order valence-corrected chi connectivity index (χ0v) is 43.7. The van der Waals surface area contributed by atoms with Crippen molar-refractivity contribution >= 4 is 79.5 Å². The Labute approximate surface area is 315 Å². The average Bonchev–Trinajstić information content (AvgIpc) is 2.77. The van der Waals surface area contributed by atoms with E-state index in [9.17, 15) is 9.59 Å².